The number of nitrogens with one attached hydrogen (secondary N) is 1. The van der Waals surface area contributed by atoms with Crippen molar-refractivity contribution in [2.24, 2.45) is 0 Å². The molecule has 0 aliphatic heterocycles. The van der Waals surface area contributed by atoms with Gasteiger partial charge in [-0.25, -0.2) is 0 Å². The van der Waals surface area contributed by atoms with E-state index in [1.807, 2.05) is 24.3 Å². The number of hydrogen-bond donors (Lipinski definition) is 1. The van der Waals surface area contributed by atoms with Crippen LogP contribution in [0.4, 0.5) is 0 Å². The van der Waals surface area contributed by atoms with Crippen molar-refractivity contribution in [2.45, 2.75) is 26.7 Å². The monoisotopic (exact) mass is 289 g/mol. The van der Waals surface area contributed by atoms with Gasteiger partial charge in [0.05, 0.1) is 13.2 Å². The zero-order chi connectivity index (χ0) is 14.2. The first-order valence-corrected chi connectivity index (χ1v) is 7.27. The lowest BCUT2D eigenvalue weighted by atomic mass is 10.1. The van der Waals surface area contributed by atoms with Gasteiger partial charge in [-0.2, -0.15) is 0 Å². The van der Waals surface area contributed by atoms with Gasteiger partial charge in [-0.3, -0.25) is 0 Å². The lowest BCUT2D eigenvalue weighted by Crippen LogP contribution is -2.11. The molecule has 0 amide bonds. The second-order valence-electron chi connectivity index (χ2n) is 4.68. The zero-order valence-corrected chi connectivity index (χ0v) is 12.5. The summed E-state index contributed by atoms with van der Waals surface area (Å²) in [5.41, 5.74) is 3.50. The normalized spacial score (nSPS) is 10.7. The summed E-state index contributed by atoms with van der Waals surface area (Å²) < 4.78 is 5.71. The summed E-state index contributed by atoms with van der Waals surface area (Å²) >= 11 is 6.09. The summed E-state index contributed by atoms with van der Waals surface area (Å²) in [6.07, 6.45) is 0. The predicted molar refractivity (Wildman–Crippen MR) is 83.8 cm³/mol. The molecule has 0 unspecified atom stereocenters. The maximum absolute atomic E-state index is 6.09. The molecule has 0 aliphatic carbocycles. The summed E-state index contributed by atoms with van der Waals surface area (Å²) in [5, 5.41) is 4.07. The van der Waals surface area contributed by atoms with Crippen molar-refractivity contribution in [1.29, 1.82) is 0 Å². The minimum absolute atomic E-state index is 0.540. The van der Waals surface area contributed by atoms with Crippen LogP contribution in [-0.2, 0) is 24.5 Å². The van der Waals surface area contributed by atoms with E-state index < -0.39 is 0 Å². The van der Waals surface area contributed by atoms with E-state index in [2.05, 4.69) is 36.5 Å². The molecular weight excluding hydrogens is 270 g/mol. The molecule has 0 spiro atoms. The van der Waals surface area contributed by atoms with E-state index in [0.29, 0.717) is 13.2 Å². The van der Waals surface area contributed by atoms with Gasteiger partial charge < -0.3 is 10.1 Å². The highest BCUT2D eigenvalue weighted by atomic mass is 35.5. The van der Waals surface area contributed by atoms with Crippen LogP contribution in [0.3, 0.4) is 0 Å². The maximum Gasteiger partial charge on any atom is 0.0735 e. The van der Waals surface area contributed by atoms with Gasteiger partial charge in [-0.1, -0.05) is 61.0 Å². The Balaban J connectivity index is 1.81. The average molecular weight is 290 g/mol. The number of ether oxygens (including phenoxy) is 1. The molecule has 1 N–H and O–H groups in total. The van der Waals surface area contributed by atoms with Gasteiger partial charge in [0.2, 0.25) is 0 Å². The van der Waals surface area contributed by atoms with Gasteiger partial charge in [-0.15, -0.1) is 0 Å². The van der Waals surface area contributed by atoms with Crippen LogP contribution < -0.4 is 5.32 Å². The Morgan fingerprint density at radius 2 is 1.65 bits per heavy atom. The Morgan fingerprint density at radius 1 is 0.950 bits per heavy atom. The third-order valence-electron chi connectivity index (χ3n) is 3.09. The zero-order valence-electron chi connectivity index (χ0n) is 11.7. The lowest BCUT2D eigenvalue weighted by Gasteiger charge is -2.07. The molecule has 2 rings (SSSR count). The fraction of sp³-hybridized carbons (Fsp3) is 0.294. The number of benzene rings is 2. The standard InChI is InChI=1S/C17H20ClNO/c1-2-19-11-14-7-9-15(10-8-14)12-20-13-16-5-3-4-6-17(16)18/h3-10,19H,2,11-13H2,1H3. The molecule has 0 saturated heterocycles. The van der Waals surface area contributed by atoms with Crippen LogP contribution in [0.5, 0.6) is 0 Å². The minimum Gasteiger partial charge on any atom is -0.372 e. The molecule has 0 radical (unpaired) electrons. The molecule has 0 bridgehead atoms. The topological polar surface area (TPSA) is 21.3 Å². The summed E-state index contributed by atoms with van der Waals surface area (Å²) in [4.78, 5) is 0. The Hall–Kier alpha value is -1.35. The smallest absolute Gasteiger partial charge is 0.0735 e. The van der Waals surface area contributed by atoms with Crippen molar-refractivity contribution in [1.82, 2.24) is 5.32 Å². The molecule has 0 saturated carbocycles. The van der Waals surface area contributed by atoms with Gasteiger partial charge >= 0.3 is 0 Å². The van der Waals surface area contributed by atoms with Crippen LogP contribution in [0.1, 0.15) is 23.6 Å². The fourth-order valence-electron chi connectivity index (χ4n) is 1.92. The van der Waals surface area contributed by atoms with E-state index >= 15 is 0 Å². The fourth-order valence-corrected chi connectivity index (χ4v) is 2.11. The highest BCUT2D eigenvalue weighted by molar-refractivity contribution is 6.31. The van der Waals surface area contributed by atoms with Gasteiger partial charge in [0.25, 0.3) is 0 Å². The third-order valence-corrected chi connectivity index (χ3v) is 3.45. The lowest BCUT2D eigenvalue weighted by molar-refractivity contribution is 0.107. The van der Waals surface area contributed by atoms with Crippen molar-refractivity contribution in [3.8, 4) is 0 Å². The van der Waals surface area contributed by atoms with Crippen molar-refractivity contribution in [3.05, 3.63) is 70.2 Å². The van der Waals surface area contributed by atoms with Crippen LogP contribution in [0, 0.1) is 0 Å². The number of rotatable bonds is 7. The van der Waals surface area contributed by atoms with Crippen molar-refractivity contribution in [3.63, 3.8) is 0 Å². The second kappa shape index (κ2) is 8.05. The van der Waals surface area contributed by atoms with Crippen LogP contribution in [0.25, 0.3) is 0 Å². The first-order valence-electron chi connectivity index (χ1n) is 6.89. The van der Waals surface area contributed by atoms with E-state index in [1.54, 1.807) is 0 Å². The molecule has 2 aromatic carbocycles. The molecule has 0 fully saturated rings. The highest BCUT2D eigenvalue weighted by Gasteiger charge is 2.00. The number of halogens is 1. The average Bonchev–Trinajstić information content (AvgIpc) is 2.48. The molecule has 2 nitrogen and oxygen atoms in total. The molecule has 106 valence electrons. The van der Waals surface area contributed by atoms with Crippen LogP contribution in [-0.4, -0.2) is 6.54 Å². The third kappa shape index (κ3) is 4.64. The maximum atomic E-state index is 6.09. The summed E-state index contributed by atoms with van der Waals surface area (Å²) in [7, 11) is 0. The van der Waals surface area contributed by atoms with Crippen LogP contribution in [0.2, 0.25) is 5.02 Å². The van der Waals surface area contributed by atoms with Crippen molar-refractivity contribution in [2.75, 3.05) is 6.54 Å². The molecule has 2 aromatic rings. The van der Waals surface area contributed by atoms with E-state index in [-0.39, 0.29) is 0 Å². The predicted octanol–water partition coefficient (Wildman–Crippen LogP) is 4.17. The second-order valence-corrected chi connectivity index (χ2v) is 5.09. The van der Waals surface area contributed by atoms with Gasteiger partial charge in [-0.05, 0) is 29.3 Å². The number of hydrogen-bond acceptors (Lipinski definition) is 2. The van der Waals surface area contributed by atoms with E-state index in [4.69, 9.17) is 16.3 Å². The van der Waals surface area contributed by atoms with Crippen LogP contribution >= 0.6 is 11.6 Å². The van der Waals surface area contributed by atoms with E-state index in [9.17, 15) is 0 Å². The Kier molecular flexibility index (Phi) is 6.06. The van der Waals surface area contributed by atoms with E-state index in [0.717, 1.165) is 23.7 Å². The first-order chi connectivity index (χ1) is 9.79. The van der Waals surface area contributed by atoms with Crippen molar-refractivity contribution >= 4 is 11.6 Å². The molecule has 0 aliphatic rings. The van der Waals surface area contributed by atoms with Gasteiger partial charge in [0, 0.05) is 11.6 Å². The minimum atomic E-state index is 0.540. The van der Waals surface area contributed by atoms with Crippen LogP contribution in [0.15, 0.2) is 48.5 Å². The summed E-state index contributed by atoms with van der Waals surface area (Å²) in [6.45, 7) is 5.16. The summed E-state index contributed by atoms with van der Waals surface area (Å²) in [6, 6.07) is 16.3. The molecule has 0 aromatic heterocycles. The molecule has 0 heterocycles. The molecule has 3 heteroatoms. The largest absolute Gasteiger partial charge is 0.372 e. The first kappa shape index (κ1) is 15.0. The summed E-state index contributed by atoms with van der Waals surface area (Å²) in [5.74, 6) is 0. The highest BCUT2D eigenvalue weighted by Crippen LogP contribution is 2.16. The Labute approximate surface area is 125 Å². The quantitative estimate of drug-likeness (QED) is 0.826. The Bertz CT molecular complexity index is 525. The van der Waals surface area contributed by atoms with E-state index in [1.165, 1.54) is 11.1 Å². The molecule has 0 atom stereocenters. The molecule has 20 heavy (non-hydrogen) atoms. The van der Waals surface area contributed by atoms with Gasteiger partial charge in [0.1, 0.15) is 0 Å². The molecular formula is C17H20ClNO. The SMILES string of the molecule is CCNCc1ccc(COCc2ccccc2Cl)cc1. The van der Waals surface area contributed by atoms with Gasteiger partial charge in [0.15, 0.2) is 0 Å². The Morgan fingerprint density at radius 3 is 2.35 bits per heavy atom. The van der Waals surface area contributed by atoms with Crippen molar-refractivity contribution < 1.29 is 4.74 Å².